The molecule has 2 aliphatic carbocycles. The molecule has 2 fully saturated rings. The van der Waals surface area contributed by atoms with Crippen LogP contribution in [0.2, 0.25) is 0 Å². The van der Waals surface area contributed by atoms with E-state index in [2.05, 4.69) is 17.6 Å². The highest BCUT2D eigenvalue weighted by Crippen LogP contribution is 2.42. The predicted octanol–water partition coefficient (Wildman–Crippen LogP) is 1.74. The topological polar surface area (TPSA) is 131 Å². The molecule has 2 aliphatic rings. The number of carbonyl (C=O) groups excluding carboxylic acids is 3. The molecule has 0 aromatic heterocycles. The van der Waals surface area contributed by atoms with Crippen LogP contribution in [0.25, 0.3) is 0 Å². The Balaban J connectivity index is 2.13. The zero-order valence-corrected chi connectivity index (χ0v) is 17.5. The van der Waals surface area contributed by atoms with Gasteiger partial charge in [0.15, 0.2) is 6.10 Å². The molecule has 0 spiro atoms. The monoisotopic (exact) mass is 397 g/mol. The minimum Gasteiger partial charge on any atom is -0.444 e. The van der Waals surface area contributed by atoms with E-state index in [1.54, 1.807) is 20.8 Å². The fraction of sp³-hybridized carbons (Fsp3) is 0.850. The number of hydrogen-bond acceptors (Lipinski definition) is 5. The molecule has 2 atom stereocenters. The lowest BCUT2D eigenvalue weighted by atomic mass is 9.72. The molecule has 5 N–H and O–H groups in total. The van der Waals surface area contributed by atoms with Gasteiger partial charge in [0.05, 0.1) is 5.54 Å². The summed E-state index contributed by atoms with van der Waals surface area (Å²) in [5.41, 5.74) is 3.48. The highest BCUT2D eigenvalue weighted by molar-refractivity contribution is 5.88. The standard InChI is InChI=1S/C20H35N3O5/c1-18(2,3)28-17(27)22-13(12-19(4)8-5-6-9-19)16(26)23-20(10-7-11-20)14(24)15(21)25/h13-14,24H,5-12H2,1-4H3,(H2,21,25)(H,22,27)(H,23,26)/t13-,14?/m0/s1. The quantitative estimate of drug-likeness (QED) is 0.520. The lowest BCUT2D eigenvalue weighted by molar-refractivity contribution is -0.138. The van der Waals surface area contributed by atoms with E-state index < -0.39 is 41.2 Å². The molecule has 0 aliphatic heterocycles. The molecule has 2 rings (SSSR count). The van der Waals surface area contributed by atoms with Gasteiger partial charge < -0.3 is 26.2 Å². The lowest BCUT2D eigenvalue weighted by Gasteiger charge is -2.45. The van der Waals surface area contributed by atoms with Gasteiger partial charge in [-0.15, -0.1) is 0 Å². The lowest BCUT2D eigenvalue weighted by Crippen LogP contribution is -2.67. The Morgan fingerprint density at radius 2 is 1.68 bits per heavy atom. The van der Waals surface area contributed by atoms with Gasteiger partial charge in [-0.3, -0.25) is 9.59 Å². The molecule has 1 unspecified atom stereocenters. The minimum atomic E-state index is -1.45. The van der Waals surface area contributed by atoms with Crippen molar-refractivity contribution >= 4 is 17.9 Å². The molecule has 0 saturated heterocycles. The maximum Gasteiger partial charge on any atom is 0.408 e. The van der Waals surface area contributed by atoms with Crippen molar-refractivity contribution in [1.29, 1.82) is 0 Å². The van der Waals surface area contributed by atoms with Crippen LogP contribution in [0.4, 0.5) is 4.79 Å². The third kappa shape index (κ3) is 5.59. The van der Waals surface area contributed by atoms with Crippen LogP contribution >= 0.6 is 0 Å². The Kier molecular flexibility index (Phi) is 6.63. The third-order valence-corrected chi connectivity index (χ3v) is 5.93. The van der Waals surface area contributed by atoms with Gasteiger partial charge in [0.2, 0.25) is 11.8 Å². The number of amides is 3. The van der Waals surface area contributed by atoms with Crippen LogP contribution in [0.5, 0.6) is 0 Å². The van der Waals surface area contributed by atoms with Crippen molar-refractivity contribution in [1.82, 2.24) is 10.6 Å². The smallest absolute Gasteiger partial charge is 0.408 e. The SMILES string of the molecule is CC1(C[C@H](NC(=O)OC(C)(C)C)C(=O)NC2(C(O)C(N)=O)CCC2)CCCC1. The van der Waals surface area contributed by atoms with E-state index in [0.717, 1.165) is 32.1 Å². The van der Waals surface area contributed by atoms with Crippen molar-refractivity contribution in [3.63, 3.8) is 0 Å². The first-order valence-corrected chi connectivity index (χ1v) is 10.1. The Morgan fingerprint density at radius 1 is 1.11 bits per heavy atom. The van der Waals surface area contributed by atoms with Crippen molar-refractivity contribution in [2.45, 2.75) is 102 Å². The molecule has 0 aromatic carbocycles. The summed E-state index contributed by atoms with van der Waals surface area (Å²) in [7, 11) is 0. The molecular formula is C20H35N3O5. The molecule has 8 heteroatoms. The fourth-order valence-electron chi connectivity index (χ4n) is 4.21. The van der Waals surface area contributed by atoms with Gasteiger partial charge in [0, 0.05) is 0 Å². The summed E-state index contributed by atoms with van der Waals surface area (Å²) in [4.78, 5) is 36.9. The Labute approximate surface area is 166 Å². The highest BCUT2D eigenvalue weighted by Gasteiger charge is 2.48. The van der Waals surface area contributed by atoms with Crippen LogP contribution in [0.3, 0.4) is 0 Å². The number of carbonyl (C=O) groups is 3. The number of alkyl carbamates (subject to hydrolysis) is 1. The molecule has 28 heavy (non-hydrogen) atoms. The third-order valence-electron chi connectivity index (χ3n) is 5.93. The van der Waals surface area contributed by atoms with Crippen molar-refractivity contribution in [2.24, 2.45) is 11.1 Å². The van der Waals surface area contributed by atoms with Gasteiger partial charge in [-0.2, -0.15) is 0 Å². The number of hydrogen-bond donors (Lipinski definition) is 4. The number of aliphatic hydroxyl groups excluding tert-OH is 1. The number of nitrogens with two attached hydrogens (primary N) is 1. The summed E-state index contributed by atoms with van der Waals surface area (Å²) >= 11 is 0. The van der Waals surface area contributed by atoms with Crippen LogP contribution in [-0.2, 0) is 14.3 Å². The van der Waals surface area contributed by atoms with Crippen molar-refractivity contribution < 1.29 is 24.2 Å². The summed E-state index contributed by atoms with van der Waals surface area (Å²) in [6.07, 6.45) is 4.26. The number of rotatable bonds is 7. The van der Waals surface area contributed by atoms with Gasteiger partial charge in [-0.1, -0.05) is 19.8 Å². The first kappa shape index (κ1) is 22.5. The molecule has 3 amide bonds. The molecule has 2 saturated carbocycles. The minimum absolute atomic E-state index is 0.0495. The average Bonchev–Trinajstić information content (AvgIpc) is 2.93. The fourth-order valence-corrected chi connectivity index (χ4v) is 4.21. The van der Waals surface area contributed by atoms with E-state index in [9.17, 15) is 19.5 Å². The van der Waals surface area contributed by atoms with Crippen LogP contribution in [0.15, 0.2) is 0 Å². The van der Waals surface area contributed by atoms with E-state index in [4.69, 9.17) is 10.5 Å². The molecule has 0 heterocycles. The Hall–Kier alpha value is -1.83. The first-order valence-electron chi connectivity index (χ1n) is 10.1. The van der Waals surface area contributed by atoms with Crippen LogP contribution in [-0.4, -0.2) is 46.3 Å². The molecule has 0 radical (unpaired) electrons. The first-order chi connectivity index (χ1) is 12.9. The maximum absolute atomic E-state index is 13.1. The van der Waals surface area contributed by atoms with E-state index >= 15 is 0 Å². The van der Waals surface area contributed by atoms with Gasteiger partial charge in [-0.05, 0) is 64.7 Å². The second kappa shape index (κ2) is 8.27. The van der Waals surface area contributed by atoms with Gasteiger partial charge in [0.1, 0.15) is 11.6 Å². The summed E-state index contributed by atoms with van der Waals surface area (Å²) in [6, 6.07) is -0.810. The average molecular weight is 398 g/mol. The largest absolute Gasteiger partial charge is 0.444 e. The van der Waals surface area contributed by atoms with Gasteiger partial charge >= 0.3 is 6.09 Å². The molecule has 0 aromatic rings. The highest BCUT2D eigenvalue weighted by atomic mass is 16.6. The maximum atomic E-state index is 13.1. The molecule has 8 nitrogen and oxygen atoms in total. The number of nitrogens with one attached hydrogen (secondary N) is 2. The number of aliphatic hydroxyl groups is 1. The molecular weight excluding hydrogens is 362 g/mol. The summed E-state index contributed by atoms with van der Waals surface area (Å²) < 4.78 is 5.32. The Bertz CT molecular complexity index is 603. The number of ether oxygens (including phenoxy) is 1. The summed E-state index contributed by atoms with van der Waals surface area (Å²) in [5, 5.41) is 15.7. The van der Waals surface area contributed by atoms with Crippen LogP contribution < -0.4 is 16.4 Å². The van der Waals surface area contributed by atoms with Gasteiger partial charge in [0.25, 0.3) is 0 Å². The molecule has 0 bridgehead atoms. The van der Waals surface area contributed by atoms with E-state index in [-0.39, 0.29) is 5.41 Å². The van der Waals surface area contributed by atoms with E-state index in [1.807, 2.05) is 0 Å². The van der Waals surface area contributed by atoms with Gasteiger partial charge in [-0.25, -0.2) is 4.79 Å². The van der Waals surface area contributed by atoms with E-state index in [1.165, 1.54) is 0 Å². The second-order valence-corrected chi connectivity index (χ2v) is 9.72. The summed E-state index contributed by atoms with van der Waals surface area (Å²) in [6.45, 7) is 7.39. The van der Waals surface area contributed by atoms with Crippen LogP contribution in [0.1, 0.15) is 79.1 Å². The zero-order valence-electron chi connectivity index (χ0n) is 17.5. The Morgan fingerprint density at radius 3 is 2.11 bits per heavy atom. The summed E-state index contributed by atoms with van der Waals surface area (Å²) in [5.74, 6) is -1.28. The normalized spacial score (nSPS) is 22.5. The zero-order chi connectivity index (χ0) is 21.2. The van der Waals surface area contributed by atoms with Crippen molar-refractivity contribution in [3.8, 4) is 0 Å². The van der Waals surface area contributed by atoms with Crippen LogP contribution in [0, 0.1) is 5.41 Å². The predicted molar refractivity (Wildman–Crippen MR) is 104 cm³/mol. The molecule has 160 valence electrons. The van der Waals surface area contributed by atoms with Crippen molar-refractivity contribution in [2.75, 3.05) is 0 Å². The van der Waals surface area contributed by atoms with E-state index in [0.29, 0.717) is 19.3 Å². The number of primary amides is 1. The second-order valence-electron chi connectivity index (χ2n) is 9.72. The van der Waals surface area contributed by atoms with Crippen molar-refractivity contribution in [3.05, 3.63) is 0 Å².